The van der Waals surface area contributed by atoms with Crippen LogP contribution in [-0.2, 0) is 28.7 Å². The summed E-state index contributed by atoms with van der Waals surface area (Å²) in [6.45, 7) is 14.9. The second-order valence-electron chi connectivity index (χ2n) is 12.0. The maximum atomic E-state index is 14.0. The number of carbonyl (C=O) groups excluding carboxylic acids is 4. The number of carbonyl (C=O) groups is 4. The highest BCUT2D eigenvalue weighted by Gasteiger charge is 2.82. The second kappa shape index (κ2) is 6.77. The van der Waals surface area contributed by atoms with Gasteiger partial charge in [-0.25, -0.2) is 0 Å². The number of aliphatic hydroxyl groups excluding tert-OH is 1. The zero-order valence-corrected chi connectivity index (χ0v) is 20.7. The van der Waals surface area contributed by atoms with Gasteiger partial charge in [0.05, 0.1) is 13.2 Å². The number of fused-ring (bicyclic) bond motifs is 5. The molecule has 4 fully saturated rings. The smallest absolute Gasteiger partial charge is 0.321 e. The number of rotatable bonds is 1. The van der Waals surface area contributed by atoms with Gasteiger partial charge in [-0.05, 0) is 49.9 Å². The van der Waals surface area contributed by atoms with Crippen molar-refractivity contribution in [2.75, 3.05) is 7.11 Å². The summed E-state index contributed by atoms with van der Waals surface area (Å²) >= 11 is 0. The number of cyclic esters (lactones) is 1. The maximum Gasteiger partial charge on any atom is 0.321 e. The Morgan fingerprint density at radius 3 is 2.33 bits per heavy atom. The van der Waals surface area contributed by atoms with Crippen LogP contribution in [0.1, 0.15) is 67.2 Å². The normalized spacial score (nSPS) is 48.8. The molecule has 0 aromatic carbocycles. The molecule has 1 aliphatic heterocycles. The number of methoxy groups -OCH3 is 1. The van der Waals surface area contributed by atoms with E-state index in [2.05, 4.69) is 13.5 Å². The van der Waals surface area contributed by atoms with Crippen molar-refractivity contribution in [1.29, 1.82) is 0 Å². The van der Waals surface area contributed by atoms with Crippen LogP contribution in [0.15, 0.2) is 12.2 Å². The van der Waals surface area contributed by atoms with Crippen LogP contribution in [0, 0.1) is 38.9 Å². The highest BCUT2D eigenvalue weighted by atomic mass is 16.6. The van der Waals surface area contributed by atoms with E-state index < -0.39 is 57.0 Å². The Morgan fingerprint density at radius 1 is 1.15 bits per heavy atom. The number of ketones is 2. The van der Waals surface area contributed by atoms with Gasteiger partial charge >= 0.3 is 11.9 Å². The van der Waals surface area contributed by atoms with Gasteiger partial charge in [0.1, 0.15) is 11.2 Å². The number of esters is 2. The Bertz CT molecular complexity index is 981. The molecule has 1 heterocycles. The first-order chi connectivity index (χ1) is 15.1. The fraction of sp³-hybridized carbons (Fsp3) is 0.769. The fourth-order valence-electron chi connectivity index (χ4n) is 8.90. The minimum absolute atomic E-state index is 0.0956. The third kappa shape index (κ3) is 2.40. The van der Waals surface area contributed by atoms with E-state index in [9.17, 15) is 24.3 Å². The first kappa shape index (κ1) is 24.1. The van der Waals surface area contributed by atoms with Crippen molar-refractivity contribution in [3.8, 4) is 0 Å². The van der Waals surface area contributed by atoms with E-state index in [0.29, 0.717) is 24.8 Å². The predicted octanol–water partition coefficient (Wildman–Crippen LogP) is 3.03. The molecular weight excluding hydrogens is 424 g/mol. The molecule has 7 heteroatoms. The molecule has 3 saturated carbocycles. The average molecular weight is 461 g/mol. The van der Waals surface area contributed by atoms with Crippen molar-refractivity contribution >= 4 is 23.5 Å². The molecular formula is C26H36O7. The van der Waals surface area contributed by atoms with Gasteiger partial charge in [-0.1, -0.05) is 39.8 Å². The van der Waals surface area contributed by atoms with Crippen LogP contribution in [0.4, 0.5) is 0 Å². The molecule has 182 valence electrons. The topological polar surface area (TPSA) is 107 Å². The molecule has 1 N–H and O–H groups in total. The Kier molecular flexibility index (Phi) is 4.95. The molecule has 33 heavy (non-hydrogen) atoms. The van der Waals surface area contributed by atoms with E-state index >= 15 is 0 Å². The van der Waals surface area contributed by atoms with Gasteiger partial charge in [0.2, 0.25) is 0 Å². The van der Waals surface area contributed by atoms with Crippen LogP contribution in [0.25, 0.3) is 0 Å². The summed E-state index contributed by atoms with van der Waals surface area (Å²) in [6, 6.07) is 0. The fourth-order valence-corrected chi connectivity index (χ4v) is 8.90. The lowest BCUT2D eigenvalue weighted by Crippen LogP contribution is -2.77. The minimum Gasteiger partial charge on any atom is -0.468 e. The molecule has 3 aliphatic carbocycles. The van der Waals surface area contributed by atoms with Gasteiger partial charge in [0, 0.05) is 17.8 Å². The standard InChI is InChI=1S/C26H36O7/c1-13-11-16-23(5)10-9-17(28)22(3,4)18(23)15(27)12-24(16,6)26(21(31)32-8)19(29)14(2)33-20(30)25(13,26)7/h14-16,18,27H,1,9-12H2,2-8H3/t14-,15+,16+,18-,23+,24+,25+,26-/m1/s1. The zero-order chi connectivity index (χ0) is 24.9. The van der Waals surface area contributed by atoms with Gasteiger partial charge in [-0.3, -0.25) is 19.2 Å². The van der Waals surface area contributed by atoms with Crippen LogP contribution in [0.3, 0.4) is 0 Å². The molecule has 8 atom stereocenters. The van der Waals surface area contributed by atoms with E-state index in [1.807, 2.05) is 20.8 Å². The lowest BCUT2D eigenvalue weighted by atomic mass is 9.30. The van der Waals surface area contributed by atoms with Crippen molar-refractivity contribution in [2.45, 2.75) is 79.4 Å². The van der Waals surface area contributed by atoms with Crippen molar-refractivity contribution in [3.05, 3.63) is 12.2 Å². The summed E-state index contributed by atoms with van der Waals surface area (Å²) < 4.78 is 10.7. The maximum absolute atomic E-state index is 14.0. The molecule has 0 radical (unpaired) electrons. The molecule has 4 rings (SSSR count). The Balaban J connectivity index is 2.05. The van der Waals surface area contributed by atoms with E-state index in [1.54, 1.807) is 6.92 Å². The monoisotopic (exact) mass is 460 g/mol. The van der Waals surface area contributed by atoms with Crippen LogP contribution in [0.5, 0.6) is 0 Å². The summed E-state index contributed by atoms with van der Waals surface area (Å²) in [4.78, 5) is 54.1. The Labute approximate surface area is 195 Å². The SMILES string of the molecule is C=C1C[C@H]2[C@]3(C)CCC(=O)C(C)(C)[C@H]3[C@@H](O)C[C@]2(C)[C@]2(C(=O)OC)C(=O)[C@@H](C)OC(=O)[C@]12C. The van der Waals surface area contributed by atoms with Gasteiger partial charge < -0.3 is 14.6 Å². The first-order valence-corrected chi connectivity index (χ1v) is 11.8. The van der Waals surface area contributed by atoms with Crippen LogP contribution in [-0.4, -0.2) is 47.9 Å². The van der Waals surface area contributed by atoms with Crippen LogP contribution < -0.4 is 0 Å². The quantitative estimate of drug-likeness (QED) is 0.364. The van der Waals surface area contributed by atoms with E-state index in [-0.39, 0.29) is 24.0 Å². The van der Waals surface area contributed by atoms with Gasteiger partial charge in [0.15, 0.2) is 17.3 Å². The average Bonchev–Trinajstić information content (AvgIpc) is 2.71. The second-order valence-corrected chi connectivity index (χ2v) is 12.0. The van der Waals surface area contributed by atoms with Gasteiger partial charge in [-0.15, -0.1) is 0 Å². The number of ether oxygens (including phenoxy) is 2. The summed E-state index contributed by atoms with van der Waals surface area (Å²) in [5.41, 5.74) is -5.45. The first-order valence-electron chi connectivity index (χ1n) is 11.8. The van der Waals surface area contributed by atoms with Crippen molar-refractivity contribution < 1.29 is 33.8 Å². The summed E-state index contributed by atoms with van der Waals surface area (Å²) in [5.74, 6) is -2.46. The summed E-state index contributed by atoms with van der Waals surface area (Å²) in [5, 5.41) is 11.6. The molecule has 7 nitrogen and oxygen atoms in total. The van der Waals surface area contributed by atoms with E-state index in [1.165, 1.54) is 14.0 Å². The minimum atomic E-state index is -1.88. The molecule has 0 aromatic rings. The predicted molar refractivity (Wildman–Crippen MR) is 119 cm³/mol. The molecule has 0 unspecified atom stereocenters. The van der Waals surface area contributed by atoms with E-state index in [0.717, 1.165) is 0 Å². The number of hydrogen-bond acceptors (Lipinski definition) is 7. The van der Waals surface area contributed by atoms with Gasteiger partial charge in [-0.2, -0.15) is 0 Å². The van der Waals surface area contributed by atoms with E-state index in [4.69, 9.17) is 9.47 Å². The zero-order valence-electron chi connectivity index (χ0n) is 20.7. The van der Waals surface area contributed by atoms with Crippen molar-refractivity contribution in [1.82, 2.24) is 0 Å². The van der Waals surface area contributed by atoms with Crippen LogP contribution in [0.2, 0.25) is 0 Å². The third-order valence-electron chi connectivity index (χ3n) is 10.4. The molecule has 4 aliphatic rings. The van der Waals surface area contributed by atoms with Crippen LogP contribution >= 0.6 is 0 Å². The third-order valence-corrected chi connectivity index (χ3v) is 10.4. The molecule has 1 saturated heterocycles. The van der Waals surface area contributed by atoms with Crippen molar-refractivity contribution in [3.63, 3.8) is 0 Å². The Morgan fingerprint density at radius 2 is 1.76 bits per heavy atom. The highest BCUT2D eigenvalue weighted by Crippen LogP contribution is 2.76. The highest BCUT2D eigenvalue weighted by molar-refractivity contribution is 6.15. The van der Waals surface area contributed by atoms with Gasteiger partial charge in [0.25, 0.3) is 0 Å². The lowest BCUT2D eigenvalue weighted by molar-refractivity contribution is -0.256. The molecule has 0 spiro atoms. The molecule has 0 bridgehead atoms. The largest absolute Gasteiger partial charge is 0.468 e. The summed E-state index contributed by atoms with van der Waals surface area (Å²) in [7, 11) is 1.22. The molecule has 0 aromatic heterocycles. The number of Topliss-reactive ketones (excluding diaryl/α,β-unsaturated/α-hetero) is 2. The Hall–Kier alpha value is -2.02. The van der Waals surface area contributed by atoms with Crippen molar-refractivity contribution in [2.24, 2.45) is 38.9 Å². The molecule has 0 amide bonds. The lowest BCUT2D eigenvalue weighted by Gasteiger charge is -2.71. The summed E-state index contributed by atoms with van der Waals surface area (Å²) in [6.07, 6.45) is -0.674. The number of aliphatic hydroxyl groups is 1. The number of hydrogen-bond donors (Lipinski definition) is 1.